The molecule has 2 saturated carbocycles. The van der Waals surface area contributed by atoms with Crippen LogP contribution >= 0.6 is 0 Å². The SMILES string of the molecule is CCCCCC1CCC(c2ccc(-c3ccc(CCC(=O)CCc4ccc(-c5ccc(C6CCC(CCCCC)CC6)cc5)cc4)cc3)cc2)CC1. The van der Waals surface area contributed by atoms with Crippen LogP contribution < -0.4 is 0 Å². The number of rotatable bonds is 18. The molecular weight excluding hydrogens is 629 g/mol. The Morgan fingerprint density at radius 1 is 0.442 bits per heavy atom. The summed E-state index contributed by atoms with van der Waals surface area (Å²) in [7, 11) is 0. The highest BCUT2D eigenvalue weighted by atomic mass is 16.1. The van der Waals surface area contributed by atoms with Gasteiger partial charge in [-0.15, -0.1) is 0 Å². The molecule has 0 radical (unpaired) electrons. The number of Topliss-reactive ketones (excluding diaryl/α,β-unsaturated/α-hetero) is 1. The van der Waals surface area contributed by atoms with Gasteiger partial charge in [0.1, 0.15) is 5.78 Å². The second kappa shape index (κ2) is 20.1. The molecule has 2 aliphatic rings. The molecule has 4 aromatic rings. The van der Waals surface area contributed by atoms with Crippen LogP contribution in [0.2, 0.25) is 0 Å². The number of carbonyl (C=O) groups excluding carboxylic acids is 1. The predicted octanol–water partition coefficient (Wildman–Crippen LogP) is 14.9. The lowest BCUT2D eigenvalue weighted by Gasteiger charge is -2.29. The monoisotopic (exact) mass is 695 g/mol. The van der Waals surface area contributed by atoms with E-state index in [0.717, 1.165) is 36.5 Å². The molecule has 2 fully saturated rings. The quantitative estimate of drug-likeness (QED) is 0.0948. The zero-order chi connectivity index (χ0) is 36.0. The summed E-state index contributed by atoms with van der Waals surface area (Å²) >= 11 is 0. The number of aryl methyl sites for hydroxylation is 2. The van der Waals surface area contributed by atoms with Crippen LogP contribution in [0.5, 0.6) is 0 Å². The van der Waals surface area contributed by atoms with E-state index >= 15 is 0 Å². The van der Waals surface area contributed by atoms with Gasteiger partial charge in [-0.25, -0.2) is 0 Å². The van der Waals surface area contributed by atoms with Crippen molar-refractivity contribution in [3.8, 4) is 22.3 Å². The van der Waals surface area contributed by atoms with Crippen molar-refractivity contribution in [2.45, 2.75) is 154 Å². The Hall–Kier alpha value is -3.45. The number of hydrogen-bond donors (Lipinski definition) is 0. The van der Waals surface area contributed by atoms with E-state index in [4.69, 9.17) is 0 Å². The first-order valence-corrected chi connectivity index (χ1v) is 21.5. The molecule has 0 heterocycles. The highest BCUT2D eigenvalue weighted by Crippen LogP contribution is 2.39. The van der Waals surface area contributed by atoms with Gasteiger partial charge in [0.2, 0.25) is 0 Å². The lowest BCUT2D eigenvalue weighted by atomic mass is 9.77. The molecule has 0 saturated heterocycles. The average Bonchev–Trinajstić information content (AvgIpc) is 3.20. The molecule has 1 nitrogen and oxygen atoms in total. The van der Waals surface area contributed by atoms with Crippen molar-refractivity contribution in [1.82, 2.24) is 0 Å². The van der Waals surface area contributed by atoms with Crippen LogP contribution in [0.4, 0.5) is 0 Å². The molecule has 0 amide bonds. The molecule has 0 unspecified atom stereocenters. The van der Waals surface area contributed by atoms with Crippen LogP contribution in [0.25, 0.3) is 22.3 Å². The van der Waals surface area contributed by atoms with Crippen molar-refractivity contribution in [1.29, 1.82) is 0 Å². The Bertz CT molecular complexity index is 1470. The minimum Gasteiger partial charge on any atom is -0.300 e. The van der Waals surface area contributed by atoms with Gasteiger partial charge in [0.15, 0.2) is 0 Å². The molecule has 6 rings (SSSR count). The first kappa shape index (κ1) is 38.3. The second-order valence-electron chi connectivity index (χ2n) is 16.6. The van der Waals surface area contributed by atoms with Crippen LogP contribution in [0.3, 0.4) is 0 Å². The number of ketones is 1. The number of carbonyl (C=O) groups is 1. The number of hydrogen-bond acceptors (Lipinski definition) is 1. The highest BCUT2D eigenvalue weighted by Gasteiger charge is 2.23. The van der Waals surface area contributed by atoms with Gasteiger partial charge in [0.05, 0.1) is 0 Å². The van der Waals surface area contributed by atoms with Crippen LogP contribution in [-0.2, 0) is 17.6 Å². The predicted molar refractivity (Wildman–Crippen MR) is 223 cm³/mol. The third-order valence-corrected chi connectivity index (χ3v) is 12.8. The molecule has 0 N–H and O–H groups in total. The normalized spacial score (nSPS) is 20.5. The summed E-state index contributed by atoms with van der Waals surface area (Å²) < 4.78 is 0. The maximum Gasteiger partial charge on any atom is 0.133 e. The second-order valence-corrected chi connectivity index (χ2v) is 16.6. The summed E-state index contributed by atoms with van der Waals surface area (Å²) in [5.41, 5.74) is 10.6. The first-order chi connectivity index (χ1) is 25.6. The van der Waals surface area contributed by atoms with E-state index in [0.29, 0.717) is 18.6 Å². The van der Waals surface area contributed by atoms with Crippen molar-refractivity contribution in [3.63, 3.8) is 0 Å². The van der Waals surface area contributed by atoms with Gasteiger partial charge in [-0.05, 0) is 132 Å². The summed E-state index contributed by atoms with van der Waals surface area (Å²) in [6.45, 7) is 4.61. The Morgan fingerprint density at radius 2 is 0.769 bits per heavy atom. The van der Waals surface area contributed by atoms with Gasteiger partial charge >= 0.3 is 0 Å². The van der Waals surface area contributed by atoms with Crippen molar-refractivity contribution in [2.24, 2.45) is 11.8 Å². The summed E-state index contributed by atoms with van der Waals surface area (Å²) in [5, 5.41) is 0. The molecule has 52 heavy (non-hydrogen) atoms. The third-order valence-electron chi connectivity index (χ3n) is 12.8. The first-order valence-electron chi connectivity index (χ1n) is 21.5. The highest BCUT2D eigenvalue weighted by molar-refractivity contribution is 5.79. The van der Waals surface area contributed by atoms with Crippen LogP contribution in [-0.4, -0.2) is 5.78 Å². The fourth-order valence-electron chi connectivity index (χ4n) is 9.25. The van der Waals surface area contributed by atoms with E-state index < -0.39 is 0 Å². The van der Waals surface area contributed by atoms with Gasteiger partial charge < -0.3 is 0 Å². The van der Waals surface area contributed by atoms with E-state index in [1.165, 1.54) is 147 Å². The molecule has 1 heteroatoms. The summed E-state index contributed by atoms with van der Waals surface area (Å²) in [5.74, 6) is 3.74. The molecule has 0 bridgehead atoms. The van der Waals surface area contributed by atoms with Crippen molar-refractivity contribution in [2.75, 3.05) is 0 Å². The maximum absolute atomic E-state index is 12.8. The van der Waals surface area contributed by atoms with Crippen LogP contribution in [0, 0.1) is 11.8 Å². The van der Waals surface area contributed by atoms with Gasteiger partial charge in [-0.1, -0.05) is 162 Å². The number of unbranched alkanes of at least 4 members (excludes halogenated alkanes) is 4. The summed E-state index contributed by atoms with van der Waals surface area (Å²) in [6, 6.07) is 36.5. The zero-order valence-corrected chi connectivity index (χ0v) is 32.6. The van der Waals surface area contributed by atoms with Crippen LogP contribution in [0.15, 0.2) is 97.1 Å². The standard InChI is InChI=1S/C51H66O/c1-3-5-7-9-39-11-21-43(22-12-39)47-29-33-49(34-30-47)45-25-15-41(16-26-45)19-37-51(52)38-20-42-17-27-46(28-18-42)50-35-31-48(32-36-50)44-23-13-40(14-24-44)10-8-6-4-2/h15-18,25-36,39-40,43-44H,3-14,19-24,37-38H2,1-2H3. The van der Waals surface area contributed by atoms with Crippen molar-refractivity contribution < 1.29 is 4.79 Å². The molecule has 4 aromatic carbocycles. The minimum atomic E-state index is 0.351. The largest absolute Gasteiger partial charge is 0.300 e. The van der Waals surface area contributed by atoms with Gasteiger partial charge in [-0.3, -0.25) is 4.79 Å². The fourth-order valence-corrected chi connectivity index (χ4v) is 9.25. The average molecular weight is 695 g/mol. The molecule has 0 aliphatic heterocycles. The Labute approximate surface area is 317 Å². The van der Waals surface area contributed by atoms with Gasteiger partial charge in [0.25, 0.3) is 0 Å². The van der Waals surface area contributed by atoms with Gasteiger partial charge in [0, 0.05) is 12.8 Å². The van der Waals surface area contributed by atoms with E-state index in [-0.39, 0.29) is 0 Å². The van der Waals surface area contributed by atoms with E-state index in [1.54, 1.807) is 0 Å². The lowest BCUT2D eigenvalue weighted by molar-refractivity contribution is -0.119. The summed E-state index contributed by atoms with van der Waals surface area (Å²) in [6.07, 6.45) is 25.0. The maximum atomic E-state index is 12.8. The Kier molecular flexibility index (Phi) is 14.8. The zero-order valence-electron chi connectivity index (χ0n) is 32.6. The van der Waals surface area contributed by atoms with Crippen molar-refractivity contribution in [3.05, 3.63) is 119 Å². The molecule has 0 aromatic heterocycles. The van der Waals surface area contributed by atoms with Crippen LogP contribution in [0.1, 0.15) is 164 Å². The third kappa shape index (κ3) is 11.3. The topological polar surface area (TPSA) is 17.1 Å². The molecule has 2 aliphatic carbocycles. The Balaban J connectivity index is 0.894. The smallest absolute Gasteiger partial charge is 0.133 e. The summed E-state index contributed by atoms with van der Waals surface area (Å²) in [4.78, 5) is 12.8. The molecule has 276 valence electrons. The molecule has 0 spiro atoms. The van der Waals surface area contributed by atoms with E-state index in [1.807, 2.05) is 0 Å². The van der Waals surface area contributed by atoms with E-state index in [2.05, 4.69) is 111 Å². The number of benzene rings is 4. The fraction of sp³-hybridized carbons (Fsp3) is 0.510. The lowest BCUT2D eigenvalue weighted by Crippen LogP contribution is -2.13. The molecular formula is C51H66O. The van der Waals surface area contributed by atoms with Gasteiger partial charge in [-0.2, -0.15) is 0 Å². The Morgan fingerprint density at radius 3 is 1.10 bits per heavy atom. The molecule has 0 atom stereocenters. The van der Waals surface area contributed by atoms with E-state index in [9.17, 15) is 4.79 Å². The minimum absolute atomic E-state index is 0.351. The van der Waals surface area contributed by atoms with Crippen molar-refractivity contribution >= 4 is 5.78 Å².